The van der Waals surface area contributed by atoms with E-state index in [0.717, 1.165) is 9.54 Å². The van der Waals surface area contributed by atoms with Gasteiger partial charge in [-0.05, 0) is 40.4 Å². The van der Waals surface area contributed by atoms with Crippen molar-refractivity contribution in [2.24, 2.45) is 5.41 Å². The molecule has 8 nitrogen and oxygen atoms in total. The highest BCUT2D eigenvalue weighted by molar-refractivity contribution is 9.10. The number of fused-ring (bicyclic) bond motifs is 1. The normalized spacial score (nSPS) is 13.4. The molecule has 0 aliphatic heterocycles. The highest BCUT2D eigenvalue weighted by Gasteiger charge is 2.31. The Labute approximate surface area is 177 Å². The van der Waals surface area contributed by atoms with E-state index in [2.05, 4.69) is 31.2 Å². The second-order valence-corrected chi connectivity index (χ2v) is 10.5. The molecule has 0 bridgehead atoms. The van der Waals surface area contributed by atoms with Crippen LogP contribution in [-0.2, 0) is 10.0 Å². The second-order valence-electron chi connectivity index (χ2n) is 7.81. The second kappa shape index (κ2) is 7.42. The van der Waals surface area contributed by atoms with Gasteiger partial charge in [-0.25, -0.2) is 27.2 Å². The Bertz CT molecular complexity index is 1180. The minimum atomic E-state index is -3.87. The largest absolute Gasteiger partial charge is 0.465 e. The van der Waals surface area contributed by atoms with Gasteiger partial charge in [-0.2, -0.15) is 0 Å². The summed E-state index contributed by atoms with van der Waals surface area (Å²) in [5, 5.41) is 11.6. The maximum atomic E-state index is 13.1. The molecule has 10 heteroatoms. The molecule has 0 saturated heterocycles. The highest BCUT2D eigenvalue weighted by Crippen LogP contribution is 2.34. The molecule has 1 atom stereocenters. The summed E-state index contributed by atoms with van der Waals surface area (Å²) >= 11 is 3.35. The van der Waals surface area contributed by atoms with E-state index in [9.17, 15) is 18.3 Å². The van der Waals surface area contributed by atoms with Crippen molar-refractivity contribution in [1.29, 1.82) is 0 Å². The SMILES string of the molecule is Cc1ccc(S(=O)(=O)n2cc(Br)c3nc(C(NC(=O)O)C(C)(C)C)cnc32)cc1. The van der Waals surface area contributed by atoms with Crippen molar-refractivity contribution in [3.8, 4) is 0 Å². The van der Waals surface area contributed by atoms with Gasteiger partial charge in [0.05, 0.1) is 27.3 Å². The fraction of sp³-hybridized carbons (Fsp3) is 0.316. The van der Waals surface area contributed by atoms with Crippen LogP contribution in [0, 0.1) is 12.3 Å². The zero-order chi connectivity index (χ0) is 21.6. The first-order chi connectivity index (χ1) is 13.4. The molecule has 3 aromatic rings. The minimum Gasteiger partial charge on any atom is -0.465 e. The summed E-state index contributed by atoms with van der Waals surface area (Å²) in [5.41, 5.74) is 1.37. The van der Waals surface area contributed by atoms with Crippen LogP contribution in [0.25, 0.3) is 11.2 Å². The van der Waals surface area contributed by atoms with Crippen LogP contribution in [0.5, 0.6) is 0 Å². The molecular weight excluding hydrogens is 460 g/mol. The fourth-order valence-electron chi connectivity index (χ4n) is 2.95. The maximum Gasteiger partial charge on any atom is 0.405 e. The third-order valence-corrected chi connectivity index (χ3v) is 6.69. The van der Waals surface area contributed by atoms with Crippen molar-refractivity contribution in [2.45, 2.75) is 38.6 Å². The van der Waals surface area contributed by atoms with Crippen LogP contribution >= 0.6 is 15.9 Å². The van der Waals surface area contributed by atoms with Crippen LogP contribution in [0.2, 0.25) is 0 Å². The molecule has 0 radical (unpaired) electrons. The lowest BCUT2D eigenvalue weighted by Crippen LogP contribution is -2.36. The first-order valence-electron chi connectivity index (χ1n) is 8.76. The van der Waals surface area contributed by atoms with Crippen LogP contribution in [0.1, 0.15) is 38.1 Å². The summed E-state index contributed by atoms with van der Waals surface area (Å²) < 4.78 is 27.7. The van der Waals surface area contributed by atoms with Crippen molar-refractivity contribution in [2.75, 3.05) is 0 Å². The number of hydrogen-bond donors (Lipinski definition) is 2. The third-order valence-electron chi connectivity index (χ3n) is 4.44. The highest BCUT2D eigenvalue weighted by atomic mass is 79.9. The number of amides is 1. The number of carboxylic acid groups (broad SMARTS) is 1. The van der Waals surface area contributed by atoms with Crippen LogP contribution in [-0.4, -0.2) is 33.6 Å². The summed E-state index contributed by atoms with van der Waals surface area (Å²) in [6.45, 7) is 7.51. The Hall–Kier alpha value is -2.46. The third kappa shape index (κ3) is 4.13. The molecule has 0 aliphatic rings. The molecule has 0 fully saturated rings. The average molecular weight is 481 g/mol. The van der Waals surface area contributed by atoms with Crippen molar-refractivity contribution in [3.05, 3.63) is 52.4 Å². The van der Waals surface area contributed by atoms with Crippen molar-refractivity contribution < 1.29 is 18.3 Å². The molecule has 0 saturated carbocycles. The number of carbonyl (C=O) groups is 1. The molecule has 2 heterocycles. The zero-order valence-electron chi connectivity index (χ0n) is 16.3. The fourth-order valence-corrected chi connectivity index (χ4v) is 4.87. The Morgan fingerprint density at radius 1 is 1.24 bits per heavy atom. The first-order valence-corrected chi connectivity index (χ1v) is 11.0. The topological polar surface area (TPSA) is 114 Å². The predicted molar refractivity (Wildman–Crippen MR) is 112 cm³/mol. The summed E-state index contributed by atoms with van der Waals surface area (Å²) in [6, 6.07) is 5.91. The van der Waals surface area contributed by atoms with Gasteiger partial charge in [0.25, 0.3) is 10.0 Å². The lowest BCUT2D eigenvalue weighted by molar-refractivity contribution is 0.174. The molecule has 0 spiro atoms. The van der Waals surface area contributed by atoms with Gasteiger partial charge < -0.3 is 10.4 Å². The number of rotatable bonds is 4. The molecular formula is C19H21BrN4O4S. The molecule has 0 aliphatic carbocycles. The molecule has 2 aromatic heterocycles. The van der Waals surface area contributed by atoms with E-state index >= 15 is 0 Å². The van der Waals surface area contributed by atoms with Crippen LogP contribution in [0.15, 0.2) is 46.0 Å². The molecule has 1 amide bonds. The number of nitrogens with one attached hydrogen (secondary N) is 1. The van der Waals surface area contributed by atoms with Crippen LogP contribution in [0.4, 0.5) is 4.79 Å². The van der Waals surface area contributed by atoms with Gasteiger partial charge in [-0.1, -0.05) is 38.5 Å². The number of halogens is 1. The Morgan fingerprint density at radius 3 is 2.41 bits per heavy atom. The van der Waals surface area contributed by atoms with E-state index in [4.69, 9.17) is 0 Å². The molecule has 2 N–H and O–H groups in total. The summed E-state index contributed by atoms with van der Waals surface area (Å²) in [6.07, 6.45) is 1.63. The summed E-state index contributed by atoms with van der Waals surface area (Å²) in [5.74, 6) is 0. The summed E-state index contributed by atoms with van der Waals surface area (Å²) in [4.78, 5) is 20.2. The van der Waals surface area contributed by atoms with E-state index in [1.165, 1.54) is 12.4 Å². The quantitative estimate of drug-likeness (QED) is 0.580. The average Bonchev–Trinajstić information content (AvgIpc) is 2.96. The van der Waals surface area contributed by atoms with Crippen molar-refractivity contribution in [3.63, 3.8) is 0 Å². The summed E-state index contributed by atoms with van der Waals surface area (Å²) in [7, 11) is -3.87. The van der Waals surface area contributed by atoms with Gasteiger partial charge in [0.2, 0.25) is 0 Å². The number of aromatic nitrogens is 3. The van der Waals surface area contributed by atoms with E-state index in [1.807, 2.05) is 27.7 Å². The molecule has 1 aromatic carbocycles. The van der Waals surface area contributed by atoms with Gasteiger partial charge in [-0.3, -0.25) is 0 Å². The predicted octanol–water partition coefficient (Wildman–Crippen LogP) is 4.09. The van der Waals surface area contributed by atoms with E-state index in [0.29, 0.717) is 15.7 Å². The van der Waals surface area contributed by atoms with Gasteiger partial charge in [-0.15, -0.1) is 0 Å². The lowest BCUT2D eigenvalue weighted by atomic mass is 9.85. The lowest BCUT2D eigenvalue weighted by Gasteiger charge is -2.29. The van der Waals surface area contributed by atoms with Crippen molar-refractivity contribution >= 4 is 43.2 Å². The Balaban J connectivity index is 2.15. The smallest absolute Gasteiger partial charge is 0.405 e. The number of hydrogen-bond acceptors (Lipinski definition) is 5. The number of aryl methyl sites for hydroxylation is 1. The van der Waals surface area contributed by atoms with E-state index in [1.54, 1.807) is 24.3 Å². The van der Waals surface area contributed by atoms with Gasteiger partial charge >= 0.3 is 6.09 Å². The van der Waals surface area contributed by atoms with Crippen LogP contribution in [0.3, 0.4) is 0 Å². The molecule has 29 heavy (non-hydrogen) atoms. The standard InChI is InChI=1S/C19H21BrN4O4S/c1-11-5-7-12(8-6-11)29(27,28)24-10-13(20)15-17(24)21-9-14(22-15)16(19(2,3)4)23-18(25)26/h5-10,16,23H,1-4H3,(H,25,26). The number of benzene rings is 1. The van der Waals surface area contributed by atoms with Gasteiger partial charge in [0.15, 0.2) is 5.65 Å². The monoisotopic (exact) mass is 480 g/mol. The van der Waals surface area contributed by atoms with Gasteiger partial charge in [0, 0.05) is 6.20 Å². The molecule has 3 rings (SSSR count). The zero-order valence-corrected chi connectivity index (χ0v) is 18.7. The van der Waals surface area contributed by atoms with Crippen LogP contribution < -0.4 is 5.32 Å². The first kappa shape index (κ1) is 21.3. The Morgan fingerprint density at radius 2 is 1.86 bits per heavy atom. The Kier molecular flexibility index (Phi) is 5.44. The van der Waals surface area contributed by atoms with E-state index < -0.39 is 27.6 Å². The van der Waals surface area contributed by atoms with E-state index in [-0.39, 0.29) is 10.5 Å². The molecule has 154 valence electrons. The van der Waals surface area contributed by atoms with Crippen molar-refractivity contribution in [1.82, 2.24) is 19.3 Å². The van der Waals surface area contributed by atoms with Gasteiger partial charge in [0.1, 0.15) is 5.52 Å². The molecule has 1 unspecified atom stereocenters. The number of nitrogens with zero attached hydrogens (tertiary/aromatic N) is 3. The minimum absolute atomic E-state index is 0.137. The maximum absolute atomic E-state index is 13.1.